The van der Waals surface area contributed by atoms with Crippen molar-refractivity contribution in [3.8, 4) is 0 Å². The van der Waals surface area contributed by atoms with Crippen LogP contribution >= 0.6 is 0 Å². The van der Waals surface area contributed by atoms with Gasteiger partial charge in [0.2, 0.25) is 0 Å². The van der Waals surface area contributed by atoms with Crippen LogP contribution in [0.3, 0.4) is 0 Å². The van der Waals surface area contributed by atoms with Crippen LogP contribution in [-0.4, -0.2) is 41.2 Å². The Morgan fingerprint density at radius 1 is 1.17 bits per heavy atom. The number of carbonyl (C=O) groups excluding carboxylic acids is 3. The molecule has 1 amide bonds. The summed E-state index contributed by atoms with van der Waals surface area (Å²) in [5.74, 6) is -1.35. The van der Waals surface area contributed by atoms with E-state index < -0.39 is 36.1 Å². The lowest BCUT2D eigenvalue weighted by molar-refractivity contribution is -0.158. The Morgan fingerprint density at radius 3 is 2.33 bits per heavy atom. The van der Waals surface area contributed by atoms with Crippen LogP contribution in [0.4, 0.5) is 4.79 Å². The van der Waals surface area contributed by atoms with Crippen LogP contribution < -0.4 is 5.32 Å². The fourth-order valence-electron chi connectivity index (χ4n) is 1.77. The number of ketones is 1. The normalized spacial score (nSPS) is 12.2. The zero-order chi connectivity index (χ0) is 18.2. The molecule has 2 N–H and O–H groups in total. The Morgan fingerprint density at radius 2 is 1.79 bits per heavy atom. The Balaban J connectivity index is 2.64. The average molecular weight is 337 g/mol. The van der Waals surface area contributed by atoms with Gasteiger partial charge in [0.1, 0.15) is 24.9 Å². The van der Waals surface area contributed by atoms with E-state index in [-0.39, 0.29) is 13.0 Å². The first-order chi connectivity index (χ1) is 11.2. The van der Waals surface area contributed by atoms with E-state index >= 15 is 0 Å². The van der Waals surface area contributed by atoms with E-state index in [0.29, 0.717) is 0 Å². The third-order valence-corrected chi connectivity index (χ3v) is 2.80. The molecule has 0 aliphatic rings. The number of esters is 1. The van der Waals surface area contributed by atoms with Gasteiger partial charge in [-0.05, 0) is 26.3 Å². The van der Waals surface area contributed by atoms with Crippen molar-refractivity contribution < 1.29 is 29.0 Å². The topological polar surface area (TPSA) is 102 Å². The molecule has 0 aromatic heterocycles. The van der Waals surface area contributed by atoms with Crippen molar-refractivity contribution in [3.05, 3.63) is 35.9 Å². The van der Waals surface area contributed by atoms with E-state index in [0.717, 1.165) is 5.56 Å². The van der Waals surface area contributed by atoms with Crippen molar-refractivity contribution in [1.29, 1.82) is 0 Å². The SMILES string of the molecule is CC(C)(C)OC(=O)[C@H](CC(=O)CO)NC(=O)OCc1ccccc1. The van der Waals surface area contributed by atoms with Crippen LogP contribution in [0.25, 0.3) is 0 Å². The van der Waals surface area contributed by atoms with Crippen LogP contribution in [0, 0.1) is 0 Å². The zero-order valence-corrected chi connectivity index (χ0v) is 14.1. The molecule has 7 nitrogen and oxygen atoms in total. The van der Waals surface area contributed by atoms with E-state index in [4.69, 9.17) is 14.6 Å². The monoisotopic (exact) mass is 337 g/mol. The second-order valence-corrected chi connectivity index (χ2v) is 6.19. The molecule has 0 radical (unpaired) electrons. The number of hydrogen-bond donors (Lipinski definition) is 2. The summed E-state index contributed by atoms with van der Waals surface area (Å²) in [6, 6.07) is 7.80. The Labute approximate surface area is 141 Å². The van der Waals surface area contributed by atoms with Crippen molar-refractivity contribution in [2.45, 2.75) is 45.4 Å². The van der Waals surface area contributed by atoms with Gasteiger partial charge < -0.3 is 19.9 Å². The first-order valence-electron chi connectivity index (χ1n) is 7.54. The van der Waals surface area contributed by atoms with Crippen LogP contribution in [0.2, 0.25) is 0 Å². The van der Waals surface area contributed by atoms with Gasteiger partial charge in [0.15, 0.2) is 5.78 Å². The van der Waals surface area contributed by atoms with E-state index in [1.165, 1.54) is 0 Å². The standard InChI is InChI=1S/C17H23NO6/c1-17(2,3)24-15(21)14(9-13(20)10-19)18-16(22)23-11-12-7-5-4-6-8-12/h4-8,14,19H,9-11H2,1-3H3,(H,18,22)/t14-/m0/s1. The maximum absolute atomic E-state index is 12.1. The summed E-state index contributed by atoms with van der Waals surface area (Å²) < 4.78 is 10.2. The molecule has 24 heavy (non-hydrogen) atoms. The first-order valence-corrected chi connectivity index (χ1v) is 7.54. The Bertz CT molecular complexity index is 564. The third kappa shape index (κ3) is 7.73. The molecule has 0 saturated heterocycles. The van der Waals surface area contributed by atoms with Gasteiger partial charge in [-0.3, -0.25) is 4.79 Å². The summed E-state index contributed by atoms with van der Waals surface area (Å²) in [5.41, 5.74) is 0.0145. The molecule has 1 atom stereocenters. The van der Waals surface area contributed by atoms with E-state index in [1.807, 2.05) is 6.07 Å². The van der Waals surface area contributed by atoms with Crippen molar-refractivity contribution in [3.63, 3.8) is 0 Å². The lowest BCUT2D eigenvalue weighted by Gasteiger charge is -2.24. The van der Waals surface area contributed by atoms with Crippen molar-refractivity contribution >= 4 is 17.8 Å². The number of carbonyl (C=O) groups is 3. The van der Waals surface area contributed by atoms with E-state index in [1.54, 1.807) is 45.0 Å². The highest BCUT2D eigenvalue weighted by atomic mass is 16.6. The maximum Gasteiger partial charge on any atom is 0.408 e. The number of rotatable bonds is 7. The summed E-state index contributed by atoms with van der Waals surface area (Å²) in [6.07, 6.45) is -1.22. The predicted molar refractivity (Wildman–Crippen MR) is 86.1 cm³/mol. The minimum Gasteiger partial charge on any atom is -0.458 e. The van der Waals surface area contributed by atoms with Crippen LogP contribution in [0.5, 0.6) is 0 Å². The van der Waals surface area contributed by atoms with Crippen LogP contribution in [-0.2, 0) is 25.7 Å². The van der Waals surface area contributed by atoms with Gasteiger partial charge in [0, 0.05) is 6.42 Å². The number of aliphatic hydroxyl groups is 1. The number of ether oxygens (including phenoxy) is 2. The van der Waals surface area contributed by atoms with Crippen molar-refractivity contribution in [1.82, 2.24) is 5.32 Å². The van der Waals surface area contributed by atoms with Crippen molar-refractivity contribution in [2.24, 2.45) is 0 Å². The highest BCUT2D eigenvalue weighted by Crippen LogP contribution is 2.10. The molecule has 0 unspecified atom stereocenters. The van der Waals surface area contributed by atoms with Gasteiger partial charge in [0.05, 0.1) is 0 Å². The molecule has 0 fully saturated rings. The smallest absolute Gasteiger partial charge is 0.408 e. The molecule has 0 heterocycles. The largest absolute Gasteiger partial charge is 0.458 e. The fraction of sp³-hybridized carbons (Fsp3) is 0.471. The molecule has 0 saturated carbocycles. The number of hydrogen-bond acceptors (Lipinski definition) is 6. The van der Waals surface area contributed by atoms with Gasteiger partial charge in [-0.1, -0.05) is 30.3 Å². The predicted octanol–water partition coefficient (Wildman–Crippen LogP) is 1.57. The summed E-state index contributed by atoms with van der Waals surface area (Å²) in [5, 5.41) is 11.1. The van der Waals surface area contributed by atoms with Crippen LogP contribution in [0.1, 0.15) is 32.8 Å². The molecular weight excluding hydrogens is 314 g/mol. The summed E-state index contributed by atoms with van der Waals surface area (Å²) in [6.45, 7) is 4.32. The molecule has 0 spiro atoms. The summed E-state index contributed by atoms with van der Waals surface area (Å²) in [4.78, 5) is 35.3. The molecular formula is C17H23NO6. The number of Topliss-reactive ketones (excluding diaryl/α,β-unsaturated/α-hetero) is 1. The molecule has 0 bridgehead atoms. The molecule has 0 aliphatic heterocycles. The first kappa shape index (κ1) is 19.6. The summed E-state index contributed by atoms with van der Waals surface area (Å²) in [7, 11) is 0. The number of amides is 1. The molecule has 132 valence electrons. The zero-order valence-electron chi connectivity index (χ0n) is 14.1. The maximum atomic E-state index is 12.1. The highest BCUT2D eigenvalue weighted by molar-refractivity contribution is 5.89. The van der Waals surface area contributed by atoms with Crippen LogP contribution in [0.15, 0.2) is 30.3 Å². The minimum atomic E-state index is -1.22. The number of aliphatic hydroxyl groups excluding tert-OH is 1. The highest BCUT2D eigenvalue weighted by Gasteiger charge is 2.29. The molecule has 1 aromatic rings. The number of nitrogens with one attached hydrogen (secondary N) is 1. The minimum absolute atomic E-state index is 0.0294. The second-order valence-electron chi connectivity index (χ2n) is 6.19. The lowest BCUT2D eigenvalue weighted by atomic mass is 10.1. The van der Waals surface area contributed by atoms with Gasteiger partial charge in [-0.2, -0.15) is 0 Å². The van der Waals surface area contributed by atoms with E-state index in [9.17, 15) is 14.4 Å². The molecule has 1 aromatic carbocycles. The Hall–Kier alpha value is -2.41. The van der Waals surface area contributed by atoms with Gasteiger partial charge in [0.25, 0.3) is 0 Å². The molecule has 7 heteroatoms. The van der Waals surface area contributed by atoms with Crippen molar-refractivity contribution in [2.75, 3.05) is 6.61 Å². The second kappa shape index (κ2) is 9.02. The Kier molecular flexibility index (Phi) is 7.38. The molecule has 1 rings (SSSR count). The fourth-order valence-corrected chi connectivity index (χ4v) is 1.77. The van der Waals surface area contributed by atoms with Gasteiger partial charge in [-0.25, -0.2) is 9.59 Å². The van der Waals surface area contributed by atoms with Gasteiger partial charge >= 0.3 is 12.1 Å². The van der Waals surface area contributed by atoms with E-state index in [2.05, 4.69) is 5.32 Å². The van der Waals surface area contributed by atoms with Gasteiger partial charge in [-0.15, -0.1) is 0 Å². The quantitative estimate of drug-likeness (QED) is 0.732. The number of alkyl carbamates (subject to hydrolysis) is 1. The molecule has 0 aliphatic carbocycles. The number of benzene rings is 1. The summed E-state index contributed by atoms with van der Waals surface area (Å²) >= 11 is 0. The third-order valence-electron chi connectivity index (χ3n) is 2.80. The lowest BCUT2D eigenvalue weighted by Crippen LogP contribution is -2.45. The average Bonchev–Trinajstić information content (AvgIpc) is 2.51.